The van der Waals surface area contributed by atoms with E-state index in [4.69, 9.17) is 4.98 Å². The topological polar surface area (TPSA) is 67.2 Å². The molecular weight excluding hydrogens is 396 g/mol. The third-order valence-corrected chi connectivity index (χ3v) is 6.91. The Bertz CT molecular complexity index is 1100. The number of rotatable bonds is 7. The van der Waals surface area contributed by atoms with Gasteiger partial charge in [0.1, 0.15) is 17.2 Å². The summed E-state index contributed by atoms with van der Waals surface area (Å²) >= 11 is 1.56. The standard InChI is InChI=1S/C23H28N4O2S/c1-16-17(2)30-22-21(16)23(29)27(19(25-22)14-26-12-6-7-13-26)15-20(28)24-11-10-18-8-4-3-5-9-18/h3-5,8-9H,6-7,10-15H2,1-2H3,(H,24,28). The van der Waals surface area contributed by atoms with Gasteiger partial charge < -0.3 is 5.32 Å². The summed E-state index contributed by atoms with van der Waals surface area (Å²) in [7, 11) is 0. The van der Waals surface area contributed by atoms with E-state index in [0.717, 1.165) is 34.8 Å². The Kier molecular flexibility index (Phi) is 6.29. The molecule has 0 radical (unpaired) electrons. The maximum absolute atomic E-state index is 13.3. The van der Waals surface area contributed by atoms with Crippen LogP contribution in [0.3, 0.4) is 0 Å². The van der Waals surface area contributed by atoms with Gasteiger partial charge in [-0.25, -0.2) is 4.98 Å². The van der Waals surface area contributed by atoms with Crippen LogP contribution in [0.2, 0.25) is 0 Å². The molecule has 3 aromatic rings. The number of thiophene rings is 1. The number of nitrogens with one attached hydrogen (secondary N) is 1. The van der Waals surface area contributed by atoms with Crippen LogP contribution in [-0.2, 0) is 24.3 Å². The number of carbonyl (C=O) groups excluding carboxylic acids is 1. The van der Waals surface area contributed by atoms with Crippen molar-refractivity contribution in [3.63, 3.8) is 0 Å². The Morgan fingerprint density at radius 1 is 1.17 bits per heavy atom. The average Bonchev–Trinajstić information content (AvgIpc) is 3.34. The smallest absolute Gasteiger partial charge is 0.263 e. The number of nitrogens with zero attached hydrogens (tertiary/aromatic N) is 3. The number of hydrogen-bond donors (Lipinski definition) is 1. The zero-order valence-electron chi connectivity index (χ0n) is 17.6. The normalized spacial score (nSPS) is 14.5. The maximum Gasteiger partial charge on any atom is 0.263 e. The molecule has 0 aliphatic carbocycles. The minimum Gasteiger partial charge on any atom is -0.354 e. The lowest BCUT2D eigenvalue weighted by Crippen LogP contribution is -2.36. The number of fused-ring (bicyclic) bond motifs is 1. The van der Waals surface area contributed by atoms with E-state index in [1.807, 2.05) is 44.2 Å². The molecule has 30 heavy (non-hydrogen) atoms. The Balaban J connectivity index is 1.55. The number of likely N-dealkylation sites (tertiary alicyclic amines) is 1. The third kappa shape index (κ3) is 4.47. The van der Waals surface area contributed by atoms with Gasteiger partial charge in [-0.05, 0) is 57.3 Å². The Hall–Kier alpha value is -2.51. The first-order valence-corrected chi connectivity index (χ1v) is 11.4. The van der Waals surface area contributed by atoms with E-state index in [9.17, 15) is 9.59 Å². The van der Waals surface area contributed by atoms with E-state index in [-0.39, 0.29) is 18.0 Å². The molecule has 1 fully saturated rings. The van der Waals surface area contributed by atoms with Crippen molar-refractivity contribution in [2.45, 2.75) is 46.2 Å². The van der Waals surface area contributed by atoms with Gasteiger partial charge in [0, 0.05) is 11.4 Å². The van der Waals surface area contributed by atoms with Gasteiger partial charge in [0.05, 0.1) is 11.9 Å². The molecule has 1 aromatic carbocycles. The molecule has 4 rings (SSSR count). The zero-order valence-corrected chi connectivity index (χ0v) is 18.4. The van der Waals surface area contributed by atoms with E-state index in [2.05, 4.69) is 10.2 Å². The predicted molar refractivity (Wildman–Crippen MR) is 121 cm³/mol. The molecule has 1 aliphatic heterocycles. The highest BCUT2D eigenvalue weighted by Gasteiger charge is 2.21. The molecular formula is C23H28N4O2S. The van der Waals surface area contributed by atoms with Gasteiger partial charge in [-0.2, -0.15) is 0 Å². The minimum atomic E-state index is -0.151. The lowest BCUT2D eigenvalue weighted by Gasteiger charge is -2.18. The molecule has 0 bridgehead atoms. The molecule has 158 valence electrons. The van der Waals surface area contributed by atoms with E-state index < -0.39 is 0 Å². The SMILES string of the molecule is Cc1sc2nc(CN3CCCC3)n(CC(=O)NCCc3ccccc3)c(=O)c2c1C. The van der Waals surface area contributed by atoms with E-state index >= 15 is 0 Å². The van der Waals surface area contributed by atoms with Gasteiger partial charge in [-0.15, -0.1) is 11.3 Å². The summed E-state index contributed by atoms with van der Waals surface area (Å²) in [6.45, 7) is 7.17. The molecule has 0 unspecified atom stereocenters. The molecule has 0 saturated carbocycles. The second kappa shape index (κ2) is 9.10. The third-order valence-electron chi connectivity index (χ3n) is 5.81. The lowest BCUT2D eigenvalue weighted by molar-refractivity contribution is -0.121. The fraction of sp³-hybridized carbons (Fsp3) is 0.435. The summed E-state index contributed by atoms with van der Waals surface area (Å²) in [6.07, 6.45) is 3.11. The van der Waals surface area contributed by atoms with Crippen molar-refractivity contribution in [2.24, 2.45) is 0 Å². The van der Waals surface area contributed by atoms with Crippen molar-refractivity contribution in [1.82, 2.24) is 19.8 Å². The second-order valence-electron chi connectivity index (χ2n) is 7.95. The zero-order chi connectivity index (χ0) is 21.1. The van der Waals surface area contributed by atoms with Crippen molar-refractivity contribution >= 4 is 27.5 Å². The van der Waals surface area contributed by atoms with Gasteiger partial charge in [0.2, 0.25) is 5.91 Å². The highest BCUT2D eigenvalue weighted by molar-refractivity contribution is 7.18. The summed E-state index contributed by atoms with van der Waals surface area (Å²) in [5.74, 6) is 0.537. The average molecular weight is 425 g/mol. The van der Waals surface area contributed by atoms with Crippen molar-refractivity contribution in [2.75, 3.05) is 19.6 Å². The monoisotopic (exact) mass is 424 g/mol. The van der Waals surface area contributed by atoms with Gasteiger partial charge in [0.25, 0.3) is 5.56 Å². The molecule has 1 amide bonds. The van der Waals surface area contributed by atoms with Gasteiger partial charge >= 0.3 is 0 Å². The van der Waals surface area contributed by atoms with Crippen molar-refractivity contribution in [3.05, 3.63) is 62.5 Å². The van der Waals surface area contributed by atoms with Gasteiger partial charge in [0.15, 0.2) is 0 Å². The fourth-order valence-corrected chi connectivity index (χ4v) is 5.02. The van der Waals surface area contributed by atoms with E-state index in [1.165, 1.54) is 18.4 Å². The summed E-state index contributed by atoms with van der Waals surface area (Å²) in [5, 5.41) is 3.61. The highest BCUT2D eigenvalue weighted by atomic mass is 32.1. The van der Waals surface area contributed by atoms with Crippen molar-refractivity contribution < 1.29 is 4.79 Å². The van der Waals surface area contributed by atoms with Crippen molar-refractivity contribution in [1.29, 1.82) is 0 Å². The molecule has 0 spiro atoms. The Morgan fingerprint density at radius 2 is 1.90 bits per heavy atom. The van der Waals surface area contributed by atoms with Gasteiger partial charge in [-0.1, -0.05) is 30.3 Å². The van der Waals surface area contributed by atoms with E-state index in [0.29, 0.717) is 24.3 Å². The van der Waals surface area contributed by atoms with Crippen LogP contribution < -0.4 is 10.9 Å². The quantitative estimate of drug-likeness (QED) is 0.633. The second-order valence-corrected chi connectivity index (χ2v) is 9.15. The van der Waals surface area contributed by atoms with E-state index in [1.54, 1.807) is 15.9 Å². The van der Waals surface area contributed by atoms with Crippen LogP contribution in [-0.4, -0.2) is 40.0 Å². The number of amides is 1. The predicted octanol–water partition coefficient (Wildman–Crippen LogP) is 3.03. The van der Waals surface area contributed by atoms with Crippen molar-refractivity contribution in [3.8, 4) is 0 Å². The number of aromatic nitrogens is 2. The fourth-order valence-electron chi connectivity index (χ4n) is 3.98. The number of carbonyl (C=O) groups is 1. The van der Waals surface area contributed by atoms with Crippen LogP contribution in [0.1, 0.15) is 34.7 Å². The largest absolute Gasteiger partial charge is 0.354 e. The molecule has 1 saturated heterocycles. The summed E-state index contributed by atoms with van der Waals surface area (Å²) in [5.41, 5.74) is 2.05. The summed E-state index contributed by atoms with van der Waals surface area (Å²) in [6, 6.07) is 10.1. The van der Waals surface area contributed by atoms with Crippen LogP contribution >= 0.6 is 11.3 Å². The summed E-state index contributed by atoms with van der Waals surface area (Å²) < 4.78 is 1.58. The summed E-state index contributed by atoms with van der Waals surface area (Å²) in [4.78, 5) is 35.0. The first-order valence-electron chi connectivity index (χ1n) is 10.6. The lowest BCUT2D eigenvalue weighted by atomic mass is 10.1. The molecule has 0 atom stereocenters. The molecule has 7 heteroatoms. The van der Waals surface area contributed by atoms with Crippen LogP contribution in [0.25, 0.3) is 10.2 Å². The molecule has 1 N–H and O–H groups in total. The first-order chi connectivity index (χ1) is 14.5. The first kappa shape index (κ1) is 20.8. The maximum atomic E-state index is 13.3. The van der Waals surface area contributed by atoms with Crippen LogP contribution in [0.15, 0.2) is 35.1 Å². The Morgan fingerprint density at radius 3 is 2.63 bits per heavy atom. The number of aryl methyl sites for hydroxylation is 2. The number of hydrogen-bond acceptors (Lipinski definition) is 5. The Labute approximate surface area is 180 Å². The number of benzene rings is 1. The van der Waals surface area contributed by atoms with Gasteiger partial charge in [-0.3, -0.25) is 19.1 Å². The molecule has 1 aliphatic rings. The molecule has 6 nitrogen and oxygen atoms in total. The molecule has 2 aromatic heterocycles. The van der Waals surface area contributed by atoms with Crippen LogP contribution in [0.5, 0.6) is 0 Å². The minimum absolute atomic E-state index is 0.00801. The van der Waals surface area contributed by atoms with Crippen LogP contribution in [0, 0.1) is 13.8 Å². The molecule has 3 heterocycles. The van der Waals surface area contributed by atoms with Crippen LogP contribution in [0.4, 0.5) is 0 Å². The highest BCUT2D eigenvalue weighted by Crippen LogP contribution is 2.26.